The van der Waals surface area contributed by atoms with E-state index in [1.165, 1.54) is 19.4 Å². The number of halogens is 3. The van der Waals surface area contributed by atoms with E-state index in [0.717, 1.165) is 12.1 Å². The van der Waals surface area contributed by atoms with Crippen LogP contribution in [0.5, 0.6) is 5.88 Å². The lowest BCUT2D eigenvalue weighted by Crippen LogP contribution is -2.25. The Morgan fingerprint density at radius 3 is 2.67 bits per heavy atom. The van der Waals surface area contributed by atoms with Crippen LogP contribution in [-0.2, 0) is 22.3 Å². The molecule has 3 rings (SSSR count). The van der Waals surface area contributed by atoms with Crippen LogP contribution >= 0.6 is 0 Å². The number of hydrogen-bond acceptors (Lipinski definition) is 6. The van der Waals surface area contributed by atoms with Crippen molar-refractivity contribution in [3.8, 4) is 17.6 Å². The first kappa shape index (κ1) is 26.4. The van der Waals surface area contributed by atoms with Crippen LogP contribution in [0.1, 0.15) is 39.3 Å². The van der Waals surface area contributed by atoms with E-state index < -0.39 is 24.3 Å². The molecule has 2 aromatic heterocycles. The number of aromatic nitrogens is 2. The Morgan fingerprint density at radius 2 is 2.00 bits per heavy atom. The van der Waals surface area contributed by atoms with Gasteiger partial charge >= 0.3 is 6.18 Å². The third-order valence-electron chi connectivity index (χ3n) is 5.24. The number of nitrogens with one attached hydrogen (secondary N) is 1. The molecular formula is C25H24F3N5O3. The molecule has 0 fully saturated rings. The summed E-state index contributed by atoms with van der Waals surface area (Å²) in [5.41, 5.74) is 5.29. The molecule has 0 spiro atoms. The molecule has 36 heavy (non-hydrogen) atoms. The van der Waals surface area contributed by atoms with Crippen LogP contribution in [0.4, 0.5) is 13.2 Å². The predicted octanol–water partition coefficient (Wildman–Crippen LogP) is 4.36. The van der Waals surface area contributed by atoms with E-state index in [4.69, 9.17) is 9.47 Å². The van der Waals surface area contributed by atoms with Gasteiger partial charge in [-0.2, -0.15) is 23.5 Å². The minimum absolute atomic E-state index is 0.0216. The average molecular weight is 499 g/mol. The average Bonchev–Trinajstić information content (AvgIpc) is 3.10. The van der Waals surface area contributed by atoms with Crippen molar-refractivity contribution in [2.75, 3.05) is 13.7 Å². The molecule has 1 N–H and O–H groups in total. The number of amides is 1. The molecule has 0 unspecified atom stereocenters. The molecule has 1 aromatic carbocycles. The number of hydrazone groups is 1. The largest absolute Gasteiger partial charge is 0.467 e. The fraction of sp³-hybridized carbons (Fsp3) is 0.280. The smallest absolute Gasteiger partial charge is 0.416 e. The molecule has 0 aliphatic heterocycles. The molecular weight excluding hydrogens is 475 g/mol. The Hall–Kier alpha value is -4.17. The molecule has 0 bridgehead atoms. The number of benzene rings is 1. The summed E-state index contributed by atoms with van der Waals surface area (Å²) in [4.78, 5) is 16.4. The van der Waals surface area contributed by atoms with Gasteiger partial charge in [0.15, 0.2) is 6.61 Å². The van der Waals surface area contributed by atoms with Gasteiger partial charge in [-0.05, 0) is 51.1 Å². The molecule has 11 heteroatoms. The number of alkyl halides is 3. The Bertz CT molecular complexity index is 1340. The summed E-state index contributed by atoms with van der Waals surface area (Å²) >= 11 is 0. The zero-order valence-electron chi connectivity index (χ0n) is 20.1. The third-order valence-corrected chi connectivity index (χ3v) is 5.24. The molecule has 0 atom stereocenters. The van der Waals surface area contributed by atoms with Gasteiger partial charge in [-0.1, -0.05) is 6.07 Å². The van der Waals surface area contributed by atoms with Crippen LogP contribution in [0.25, 0.3) is 5.69 Å². The number of rotatable bonds is 8. The van der Waals surface area contributed by atoms with E-state index in [1.807, 2.05) is 6.07 Å². The van der Waals surface area contributed by atoms with E-state index >= 15 is 0 Å². The number of carbonyl (C=O) groups excluding carboxylic acids is 1. The van der Waals surface area contributed by atoms with Gasteiger partial charge in [0.2, 0.25) is 5.88 Å². The number of aryl methyl sites for hydroxylation is 2. The summed E-state index contributed by atoms with van der Waals surface area (Å²) in [6.07, 6.45) is -3.05. The van der Waals surface area contributed by atoms with E-state index in [0.29, 0.717) is 33.9 Å². The van der Waals surface area contributed by atoms with E-state index in [9.17, 15) is 23.2 Å². The maximum absolute atomic E-state index is 13.1. The number of ether oxygens (including phenoxy) is 2. The number of hydrogen-bond donors (Lipinski definition) is 1. The molecule has 8 nitrogen and oxygen atoms in total. The van der Waals surface area contributed by atoms with Crippen molar-refractivity contribution in [2.45, 2.75) is 33.6 Å². The Labute approximate surface area is 206 Å². The van der Waals surface area contributed by atoms with Gasteiger partial charge in [0.05, 0.1) is 18.4 Å². The van der Waals surface area contributed by atoms with Crippen LogP contribution < -0.4 is 10.2 Å². The third kappa shape index (κ3) is 6.09. The van der Waals surface area contributed by atoms with Crippen molar-refractivity contribution in [1.29, 1.82) is 5.26 Å². The van der Waals surface area contributed by atoms with Gasteiger partial charge in [-0.3, -0.25) is 4.79 Å². The molecule has 0 aliphatic rings. The summed E-state index contributed by atoms with van der Waals surface area (Å²) in [6.45, 7) is 4.99. The Morgan fingerprint density at radius 1 is 1.25 bits per heavy atom. The number of nitrogens with zero attached hydrogens (tertiary/aromatic N) is 4. The van der Waals surface area contributed by atoms with Crippen molar-refractivity contribution in [2.24, 2.45) is 5.10 Å². The quantitative estimate of drug-likeness (QED) is 0.367. The first-order valence-electron chi connectivity index (χ1n) is 10.8. The lowest BCUT2D eigenvalue weighted by atomic mass is 10.1. The van der Waals surface area contributed by atoms with Crippen molar-refractivity contribution < 1.29 is 27.4 Å². The van der Waals surface area contributed by atoms with Crippen LogP contribution in [0.15, 0.2) is 41.5 Å². The highest BCUT2D eigenvalue weighted by Crippen LogP contribution is 2.31. The summed E-state index contributed by atoms with van der Waals surface area (Å²) in [7, 11) is 1.50. The zero-order valence-corrected chi connectivity index (χ0v) is 20.1. The van der Waals surface area contributed by atoms with Gasteiger partial charge < -0.3 is 14.0 Å². The van der Waals surface area contributed by atoms with Crippen LogP contribution in [-0.4, -0.2) is 35.4 Å². The predicted molar refractivity (Wildman–Crippen MR) is 126 cm³/mol. The molecule has 2 heterocycles. The molecule has 1 amide bonds. The fourth-order valence-electron chi connectivity index (χ4n) is 3.68. The van der Waals surface area contributed by atoms with E-state index in [-0.39, 0.29) is 18.1 Å². The van der Waals surface area contributed by atoms with E-state index in [1.54, 1.807) is 43.5 Å². The van der Waals surface area contributed by atoms with Gasteiger partial charge in [0, 0.05) is 41.0 Å². The topological polar surface area (TPSA) is 102 Å². The first-order valence-corrected chi connectivity index (χ1v) is 10.8. The highest BCUT2D eigenvalue weighted by Gasteiger charge is 2.30. The Balaban J connectivity index is 1.69. The molecule has 0 saturated carbocycles. The van der Waals surface area contributed by atoms with Crippen molar-refractivity contribution in [3.63, 3.8) is 0 Å². The molecule has 0 radical (unpaired) electrons. The first-order chi connectivity index (χ1) is 17.0. The normalized spacial score (nSPS) is 11.5. The highest BCUT2D eigenvalue weighted by molar-refractivity contribution is 5.84. The summed E-state index contributed by atoms with van der Waals surface area (Å²) < 4.78 is 51.5. The van der Waals surface area contributed by atoms with Gasteiger partial charge in [0.25, 0.3) is 5.91 Å². The monoisotopic (exact) mass is 499 g/mol. The van der Waals surface area contributed by atoms with Crippen LogP contribution in [0.2, 0.25) is 0 Å². The highest BCUT2D eigenvalue weighted by atomic mass is 19.4. The summed E-state index contributed by atoms with van der Waals surface area (Å²) in [5, 5.41) is 13.4. The number of methoxy groups -OCH3 is 1. The zero-order chi connectivity index (χ0) is 26.5. The second-order valence-electron chi connectivity index (χ2n) is 7.94. The second kappa shape index (κ2) is 11.0. The molecule has 0 aliphatic carbocycles. The van der Waals surface area contributed by atoms with E-state index in [2.05, 4.69) is 15.5 Å². The summed E-state index contributed by atoms with van der Waals surface area (Å²) in [5.74, 6) is -0.563. The van der Waals surface area contributed by atoms with Crippen LogP contribution in [0, 0.1) is 32.1 Å². The number of carbonyl (C=O) groups is 1. The Kier molecular flexibility index (Phi) is 8.11. The van der Waals surface area contributed by atoms with Crippen LogP contribution in [0.3, 0.4) is 0 Å². The molecule has 188 valence electrons. The SMILES string of the molecule is COCc1cc(C)nc(OCC(=O)N/N=C/c2cc(C)n(-c3cccc(C(F)(F)F)c3)c2C)c1C#N. The second-order valence-corrected chi connectivity index (χ2v) is 7.94. The summed E-state index contributed by atoms with van der Waals surface area (Å²) in [6, 6.07) is 10.5. The van der Waals surface area contributed by atoms with Crippen molar-refractivity contribution >= 4 is 12.1 Å². The van der Waals surface area contributed by atoms with Gasteiger partial charge in [0.1, 0.15) is 11.6 Å². The lowest BCUT2D eigenvalue weighted by Gasteiger charge is -2.13. The lowest BCUT2D eigenvalue weighted by molar-refractivity contribution is -0.137. The molecule has 0 saturated heterocycles. The maximum Gasteiger partial charge on any atom is 0.416 e. The standard InChI is InChI=1S/C25H24F3N5O3/c1-15-8-19(13-35-4)22(11-29)24(31-15)36-14-23(34)32-30-12-18-9-16(2)33(17(18)3)21-7-5-6-20(10-21)25(26,27)28/h5-10,12H,13-14H2,1-4H3,(H,32,34)/b30-12+. The number of nitriles is 1. The van der Waals surface area contributed by atoms with Gasteiger partial charge in [-0.15, -0.1) is 0 Å². The maximum atomic E-state index is 13.1. The van der Waals surface area contributed by atoms with Gasteiger partial charge in [-0.25, -0.2) is 10.4 Å². The molecule has 3 aromatic rings. The van der Waals surface area contributed by atoms with Crippen molar-refractivity contribution in [1.82, 2.24) is 15.0 Å². The minimum atomic E-state index is -4.45. The minimum Gasteiger partial charge on any atom is -0.467 e. The number of pyridine rings is 1. The fourth-order valence-corrected chi connectivity index (χ4v) is 3.68. The van der Waals surface area contributed by atoms with Crippen molar-refractivity contribution in [3.05, 3.63) is 75.7 Å².